The van der Waals surface area contributed by atoms with E-state index in [1.165, 1.54) is 141 Å². The average Bonchev–Trinajstić information content (AvgIpc) is 3.06. The van der Waals surface area contributed by atoms with E-state index in [0.717, 1.165) is 57.1 Å². The first-order chi connectivity index (χ1) is 22.3. The first-order valence-corrected chi connectivity index (χ1v) is 19.6. The van der Waals surface area contributed by atoms with Crippen LogP contribution in [0.1, 0.15) is 174 Å². The van der Waals surface area contributed by atoms with Crippen molar-refractivity contribution >= 4 is 0 Å². The second-order valence-corrected chi connectivity index (χ2v) is 13.4. The molecule has 0 bridgehead atoms. The monoisotopic (exact) mass is 625 g/mol. The van der Waals surface area contributed by atoms with Gasteiger partial charge in [0.2, 0.25) is 12.4 Å². The standard InChI is InChI=1S/C41H72N2O2/c1-3-5-7-9-11-13-15-17-19-21-23-25-36-44-40-30-27-32-42(38-40)34-29-35-43-33-28-31-41(39-43)45-37-26-24-22-20-18-16-14-12-10-8-6-4-2/h27-28,30-33,38-39H,3-26,29,34-37H2,1-2H3/q+2. The summed E-state index contributed by atoms with van der Waals surface area (Å²) in [6.07, 6.45) is 42.6. The molecule has 4 heteroatoms. The minimum absolute atomic E-state index is 0.823. The van der Waals surface area contributed by atoms with E-state index in [9.17, 15) is 0 Å². The van der Waals surface area contributed by atoms with Crippen molar-refractivity contribution in [1.82, 2.24) is 0 Å². The summed E-state index contributed by atoms with van der Waals surface area (Å²) in [7, 11) is 0. The molecule has 0 fully saturated rings. The predicted octanol–water partition coefficient (Wildman–Crippen LogP) is 11.5. The summed E-state index contributed by atoms with van der Waals surface area (Å²) in [5, 5.41) is 0. The Balaban J connectivity index is 1.46. The molecule has 0 atom stereocenters. The quantitative estimate of drug-likeness (QED) is 0.0598. The van der Waals surface area contributed by atoms with Gasteiger partial charge in [-0.2, -0.15) is 0 Å². The van der Waals surface area contributed by atoms with Gasteiger partial charge in [-0.3, -0.25) is 0 Å². The second-order valence-electron chi connectivity index (χ2n) is 13.4. The molecule has 256 valence electrons. The predicted molar refractivity (Wildman–Crippen MR) is 191 cm³/mol. The zero-order chi connectivity index (χ0) is 31.9. The van der Waals surface area contributed by atoms with Gasteiger partial charge in [0.05, 0.1) is 19.6 Å². The van der Waals surface area contributed by atoms with Crippen molar-refractivity contribution in [2.45, 2.75) is 187 Å². The number of pyridine rings is 2. The van der Waals surface area contributed by atoms with Gasteiger partial charge >= 0.3 is 0 Å². The Morgan fingerprint density at radius 2 is 0.711 bits per heavy atom. The van der Waals surface area contributed by atoms with Crippen LogP contribution in [-0.2, 0) is 13.1 Å². The number of hydrogen-bond donors (Lipinski definition) is 0. The number of hydrogen-bond acceptors (Lipinski definition) is 2. The van der Waals surface area contributed by atoms with Crippen molar-refractivity contribution in [2.75, 3.05) is 13.2 Å². The van der Waals surface area contributed by atoms with Gasteiger partial charge in [-0.05, 0) is 25.0 Å². The van der Waals surface area contributed by atoms with E-state index in [4.69, 9.17) is 9.47 Å². The molecule has 0 aliphatic carbocycles. The van der Waals surface area contributed by atoms with Gasteiger partial charge in [-0.15, -0.1) is 0 Å². The maximum absolute atomic E-state index is 6.07. The first-order valence-electron chi connectivity index (χ1n) is 19.6. The molecule has 4 nitrogen and oxygen atoms in total. The maximum Gasteiger partial charge on any atom is 0.211 e. The highest BCUT2D eigenvalue weighted by molar-refractivity contribution is 5.13. The lowest BCUT2D eigenvalue weighted by Crippen LogP contribution is -2.38. The highest BCUT2D eigenvalue weighted by Gasteiger charge is 2.08. The number of rotatable bonds is 32. The van der Waals surface area contributed by atoms with Crippen LogP contribution in [0.4, 0.5) is 0 Å². The zero-order valence-corrected chi connectivity index (χ0v) is 29.8. The third kappa shape index (κ3) is 23.0. The van der Waals surface area contributed by atoms with Crippen molar-refractivity contribution in [1.29, 1.82) is 0 Å². The third-order valence-corrected chi connectivity index (χ3v) is 9.03. The van der Waals surface area contributed by atoms with E-state index in [-0.39, 0.29) is 0 Å². The summed E-state index contributed by atoms with van der Waals surface area (Å²) in [5.74, 6) is 1.97. The van der Waals surface area contributed by atoms with E-state index < -0.39 is 0 Å². The van der Waals surface area contributed by atoms with Crippen molar-refractivity contribution in [3.8, 4) is 11.5 Å². The van der Waals surface area contributed by atoms with Crippen LogP contribution in [0.2, 0.25) is 0 Å². The van der Waals surface area contributed by atoms with Crippen LogP contribution in [0, 0.1) is 0 Å². The fraction of sp³-hybridized carbons (Fsp3) is 0.756. The van der Waals surface area contributed by atoms with E-state index in [0.29, 0.717) is 0 Å². The molecule has 0 saturated carbocycles. The third-order valence-electron chi connectivity index (χ3n) is 9.03. The number of aromatic nitrogens is 2. The van der Waals surface area contributed by atoms with Gasteiger partial charge in [-0.25, -0.2) is 9.13 Å². The molecule has 0 spiro atoms. The fourth-order valence-electron chi connectivity index (χ4n) is 6.15. The molecule has 45 heavy (non-hydrogen) atoms. The van der Waals surface area contributed by atoms with Gasteiger partial charge in [0, 0.05) is 12.1 Å². The Morgan fingerprint density at radius 1 is 0.400 bits per heavy atom. The van der Waals surface area contributed by atoms with Crippen LogP contribution < -0.4 is 18.6 Å². The minimum Gasteiger partial charge on any atom is -0.487 e. The summed E-state index contributed by atoms with van der Waals surface area (Å²) in [6, 6.07) is 8.38. The molecule has 0 unspecified atom stereocenters. The van der Waals surface area contributed by atoms with Crippen LogP contribution in [0.25, 0.3) is 0 Å². The molecular formula is C41H72N2O2+2. The van der Waals surface area contributed by atoms with Crippen molar-refractivity contribution in [3.05, 3.63) is 49.1 Å². The Morgan fingerprint density at radius 3 is 1.04 bits per heavy atom. The van der Waals surface area contributed by atoms with E-state index in [1.807, 2.05) is 0 Å². The molecule has 2 aromatic rings. The van der Waals surface area contributed by atoms with Crippen molar-refractivity contribution in [3.63, 3.8) is 0 Å². The fourth-order valence-corrected chi connectivity index (χ4v) is 6.15. The highest BCUT2D eigenvalue weighted by Crippen LogP contribution is 2.14. The number of aryl methyl sites for hydroxylation is 2. The average molecular weight is 625 g/mol. The Hall–Kier alpha value is -2.10. The first kappa shape index (κ1) is 39.1. The minimum atomic E-state index is 0.823. The van der Waals surface area contributed by atoms with Gasteiger partial charge in [0.1, 0.15) is 0 Å². The summed E-state index contributed by atoms with van der Waals surface area (Å²) in [5.41, 5.74) is 0. The molecule has 0 N–H and O–H groups in total. The lowest BCUT2D eigenvalue weighted by Gasteiger charge is -2.06. The Kier molecular flexibility index (Phi) is 25.5. The van der Waals surface area contributed by atoms with E-state index in [1.54, 1.807) is 0 Å². The largest absolute Gasteiger partial charge is 0.487 e. The molecular weight excluding hydrogens is 552 g/mol. The van der Waals surface area contributed by atoms with Crippen LogP contribution >= 0.6 is 0 Å². The molecule has 2 aromatic heterocycles. The normalized spacial score (nSPS) is 11.2. The van der Waals surface area contributed by atoms with Gasteiger partial charge in [-0.1, -0.05) is 155 Å². The van der Waals surface area contributed by atoms with Gasteiger partial charge in [0.25, 0.3) is 0 Å². The number of unbranched alkanes of at least 4 members (excludes halogenated alkanes) is 22. The molecule has 0 radical (unpaired) electrons. The molecule has 0 aromatic carbocycles. The zero-order valence-electron chi connectivity index (χ0n) is 29.8. The molecule has 0 aliphatic heterocycles. The van der Waals surface area contributed by atoms with Crippen LogP contribution in [-0.4, -0.2) is 13.2 Å². The van der Waals surface area contributed by atoms with Crippen molar-refractivity contribution in [2.24, 2.45) is 0 Å². The second kappa shape index (κ2) is 29.3. The summed E-state index contributed by atoms with van der Waals surface area (Å²) in [4.78, 5) is 0. The Bertz CT molecular complexity index is 844. The number of nitrogens with zero attached hydrogens (tertiary/aromatic N) is 2. The smallest absolute Gasteiger partial charge is 0.211 e. The topological polar surface area (TPSA) is 26.2 Å². The summed E-state index contributed by atoms with van der Waals surface area (Å²) in [6.45, 7) is 8.19. The SMILES string of the molecule is CCCCCCCCCCCCCCOc1ccc[n+](CCC[n+]2cccc(OCCCCCCCCCCCCCC)c2)c1. The van der Waals surface area contributed by atoms with Gasteiger partial charge < -0.3 is 9.47 Å². The van der Waals surface area contributed by atoms with E-state index in [2.05, 4.69) is 72.0 Å². The number of ether oxygens (including phenoxy) is 2. The molecule has 0 aliphatic rings. The van der Waals surface area contributed by atoms with Crippen LogP contribution in [0.5, 0.6) is 11.5 Å². The van der Waals surface area contributed by atoms with Gasteiger partial charge in [0.15, 0.2) is 37.0 Å². The summed E-state index contributed by atoms with van der Waals surface area (Å²) >= 11 is 0. The maximum atomic E-state index is 6.07. The molecule has 0 amide bonds. The molecule has 0 saturated heterocycles. The molecule has 2 heterocycles. The lowest BCUT2D eigenvalue weighted by molar-refractivity contribution is -0.727. The summed E-state index contributed by atoms with van der Waals surface area (Å²) < 4.78 is 16.7. The lowest BCUT2D eigenvalue weighted by atomic mass is 10.1. The van der Waals surface area contributed by atoms with Crippen LogP contribution in [0.15, 0.2) is 49.1 Å². The van der Waals surface area contributed by atoms with Crippen molar-refractivity contribution < 1.29 is 18.6 Å². The highest BCUT2D eigenvalue weighted by atomic mass is 16.5. The van der Waals surface area contributed by atoms with Crippen LogP contribution in [0.3, 0.4) is 0 Å². The Labute approximate surface area is 279 Å². The molecule has 2 rings (SSSR count). The van der Waals surface area contributed by atoms with E-state index >= 15 is 0 Å².